The summed E-state index contributed by atoms with van der Waals surface area (Å²) in [5, 5.41) is 0. The topological polar surface area (TPSA) is 51.0 Å². The molecule has 1 saturated heterocycles. The van der Waals surface area contributed by atoms with Gasteiger partial charge in [0.1, 0.15) is 5.82 Å². The van der Waals surface area contributed by atoms with E-state index in [1.165, 1.54) is 4.57 Å². The summed E-state index contributed by atoms with van der Waals surface area (Å²) in [4.78, 5) is 22.3. The van der Waals surface area contributed by atoms with Crippen molar-refractivity contribution in [2.24, 2.45) is 7.05 Å². The van der Waals surface area contributed by atoms with Crippen LogP contribution in [-0.4, -0.2) is 38.4 Å². The fourth-order valence-electron chi connectivity index (χ4n) is 3.25. The molecule has 0 aliphatic carbocycles. The van der Waals surface area contributed by atoms with Crippen LogP contribution in [0.5, 0.6) is 0 Å². The van der Waals surface area contributed by atoms with Crippen LogP contribution in [0.2, 0.25) is 0 Å². The van der Waals surface area contributed by atoms with Crippen LogP contribution in [0.3, 0.4) is 0 Å². The zero-order chi connectivity index (χ0) is 18.2. The highest BCUT2D eigenvalue weighted by atomic mass is 19.4. The third-order valence-corrected chi connectivity index (χ3v) is 4.51. The second-order valence-corrected chi connectivity index (χ2v) is 6.32. The lowest BCUT2D eigenvalue weighted by atomic mass is 9.96. The van der Waals surface area contributed by atoms with Crippen molar-refractivity contribution >= 4 is 5.91 Å². The number of hydrogen-bond donors (Lipinski definition) is 0. The van der Waals surface area contributed by atoms with Crippen LogP contribution in [0.1, 0.15) is 46.3 Å². The highest BCUT2D eigenvalue weighted by Crippen LogP contribution is 2.32. The second-order valence-electron chi connectivity index (χ2n) is 6.32. The maximum atomic E-state index is 12.9. The van der Waals surface area contributed by atoms with E-state index in [2.05, 4.69) is 9.97 Å². The highest BCUT2D eigenvalue weighted by Gasteiger charge is 2.36. The van der Waals surface area contributed by atoms with Crippen molar-refractivity contribution in [3.63, 3.8) is 0 Å². The number of hydrogen-bond acceptors (Lipinski definition) is 3. The number of imidazole rings is 1. The molecular weight excluding hydrogens is 333 g/mol. The summed E-state index contributed by atoms with van der Waals surface area (Å²) in [7, 11) is 1.56. The predicted octanol–water partition coefficient (Wildman–Crippen LogP) is 3.16. The molecule has 2 aromatic heterocycles. The molecule has 0 spiro atoms. The van der Waals surface area contributed by atoms with Gasteiger partial charge in [-0.2, -0.15) is 13.2 Å². The first-order chi connectivity index (χ1) is 11.8. The van der Waals surface area contributed by atoms with Gasteiger partial charge in [-0.25, -0.2) is 4.98 Å². The quantitative estimate of drug-likeness (QED) is 0.834. The molecule has 1 atom stereocenters. The monoisotopic (exact) mass is 352 g/mol. The van der Waals surface area contributed by atoms with Crippen LogP contribution in [0.4, 0.5) is 13.2 Å². The Morgan fingerprint density at radius 2 is 2.12 bits per heavy atom. The van der Waals surface area contributed by atoms with Crippen molar-refractivity contribution < 1.29 is 18.0 Å². The van der Waals surface area contributed by atoms with Crippen LogP contribution in [0, 0.1) is 6.92 Å². The fraction of sp³-hybridized carbons (Fsp3) is 0.471. The van der Waals surface area contributed by atoms with Gasteiger partial charge < -0.3 is 9.47 Å². The molecule has 0 aromatic carbocycles. The molecule has 0 N–H and O–H groups in total. The van der Waals surface area contributed by atoms with Gasteiger partial charge >= 0.3 is 6.18 Å². The van der Waals surface area contributed by atoms with Gasteiger partial charge in [-0.3, -0.25) is 9.78 Å². The Balaban J connectivity index is 1.81. The lowest BCUT2D eigenvalue weighted by Crippen LogP contribution is -2.40. The molecule has 2 aromatic rings. The van der Waals surface area contributed by atoms with Gasteiger partial charge in [-0.05, 0) is 31.9 Å². The van der Waals surface area contributed by atoms with Crippen molar-refractivity contribution in [3.8, 4) is 0 Å². The molecule has 0 unspecified atom stereocenters. The van der Waals surface area contributed by atoms with E-state index in [1.807, 2.05) is 0 Å². The molecule has 25 heavy (non-hydrogen) atoms. The molecule has 1 fully saturated rings. The van der Waals surface area contributed by atoms with E-state index < -0.39 is 11.9 Å². The number of aryl methyl sites for hydroxylation is 2. The van der Waals surface area contributed by atoms with E-state index in [4.69, 9.17) is 0 Å². The standard InChI is InChI=1S/C17H19F3N4O/c1-11-13(6-3-7-21-11)16(25)24-8-4-5-12(9-24)15-22-14(10-23(15)2)17(18,19)20/h3,6-7,10,12H,4-5,8-9H2,1-2H3/t12-/m0/s1. The van der Waals surface area contributed by atoms with Crippen LogP contribution in [0.25, 0.3) is 0 Å². The van der Waals surface area contributed by atoms with Crippen LogP contribution >= 0.6 is 0 Å². The average molecular weight is 352 g/mol. The van der Waals surface area contributed by atoms with Gasteiger partial charge in [0.15, 0.2) is 5.69 Å². The summed E-state index contributed by atoms with van der Waals surface area (Å²) >= 11 is 0. The third kappa shape index (κ3) is 3.52. The number of amides is 1. The van der Waals surface area contributed by atoms with Crippen molar-refractivity contribution in [3.05, 3.63) is 47.3 Å². The number of piperidine rings is 1. The second kappa shape index (κ2) is 6.50. The van der Waals surface area contributed by atoms with Crippen LogP contribution in [0.15, 0.2) is 24.5 Å². The molecule has 8 heteroatoms. The number of alkyl halides is 3. The Morgan fingerprint density at radius 1 is 1.36 bits per heavy atom. The molecule has 0 radical (unpaired) electrons. The molecule has 1 aliphatic rings. The van der Waals surface area contributed by atoms with Gasteiger partial charge in [-0.15, -0.1) is 0 Å². The minimum Gasteiger partial charge on any atom is -0.338 e. The molecule has 1 amide bonds. The van der Waals surface area contributed by atoms with Crippen LogP contribution < -0.4 is 0 Å². The Morgan fingerprint density at radius 3 is 2.76 bits per heavy atom. The maximum absolute atomic E-state index is 12.9. The normalized spacial score (nSPS) is 18.4. The number of likely N-dealkylation sites (tertiary alicyclic amines) is 1. The molecule has 0 saturated carbocycles. The van der Waals surface area contributed by atoms with Crippen molar-refractivity contribution in [2.75, 3.05) is 13.1 Å². The Bertz CT molecular complexity index is 784. The molecule has 0 bridgehead atoms. The molecular formula is C17H19F3N4O. The summed E-state index contributed by atoms with van der Waals surface area (Å²) in [6.07, 6.45) is -0.409. The van der Waals surface area contributed by atoms with Crippen LogP contribution in [-0.2, 0) is 13.2 Å². The number of carbonyl (C=O) groups is 1. The van der Waals surface area contributed by atoms with E-state index in [0.717, 1.165) is 12.6 Å². The lowest BCUT2D eigenvalue weighted by molar-refractivity contribution is -0.141. The van der Waals surface area contributed by atoms with E-state index in [0.29, 0.717) is 36.6 Å². The van der Waals surface area contributed by atoms with Gasteiger partial charge in [0.05, 0.1) is 5.56 Å². The third-order valence-electron chi connectivity index (χ3n) is 4.51. The molecule has 5 nitrogen and oxygen atoms in total. The SMILES string of the molecule is Cc1ncccc1C(=O)N1CCC[C@H](c2nc(C(F)(F)F)cn2C)C1. The maximum Gasteiger partial charge on any atom is 0.434 e. The first kappa shape index (κ1) is 17.4. The van der Waals surface area contributed by atoms with Crippen molar-refractivity contribution in [1.82, 2.24) is 19.4 Å². The van der Waals surface area contributed by atoms with Crippen molar-refractivity contribution in [2.45, 2.75) is 31.9 Å². The summed E-state index contributed by atoms with van der Waals surface area (Å²) in [5.41, 5.74) is 0.279. The van der Waals surface area contributed by atoms with Crippen molar-refractivity contribution in [1.29, 1.82) is 0 Å². The van der Waals surface area contributed by atoms with Gasteiger partial charge in [0.2, 0.25) is 0 Å². The Kier molecular flexibility index (Phi) is 4.53. The number of pyridine rings is 1. The van der Waals surface area contributed by atoms with E-state index in [9.17, 15) is 18.0 Å². The number of halogens is 3. The minimum atomic E-state index is -4.47. The predicted molar refractivity (Wildman–Crippen MR) is 85.1 cm³/mol. The zero-order valence-electron chi connectivity index (χ0n) is 14.0. The smallest absolute Gasteiger partial charge is 0.338 e. The molecule has 1 aliphatic heterocycles. The Hall–Kier alpha value is -2.38. The molecule has 3 rings (SSSR count). The van der Waals surface area contributed by atoms with E-state index >= 15 is 0 Å². The van der Waals surface area contributed by atoms with Gasteiger partial charge in [-0.1, -0.05) is 0 Å². The average Bonchev–Trinajstić information content (AvgIpc) is 2.97. The fourth-order valence-corrected chi connectivity index (χ4v) is 3.25. The van der Waals surface area contributed by atoms with Gasteiger partial charge in [0.25, 0.3) is 5.91 Å². The molecule has 134 valence electrons. The zero-order valence-corrected chi connectivity index (χ0v) is 14.0. The van der Waals surface area contributed by atoms with E-state index in [1.54, 1.807) is 37.2 Å². The lowest BCUT2D eigenvalue weighted by Gasteiger charge is -2.32. The van der Waals surface area contributed by atoms with E-state index in [-0.39, 0.29) is 11.8 Å². The van der Waals surface area contributed by atoms with Gasteiger partial charge in [0, 0.05) is 44.1 Å². The summed E-state index contributed by atoms with van der Waals surface area (Å²) < 4.78 is 40.0. The summed E-state index contributed by atoms with van der Waals surface area (Å²) in [6.45, 7) is 2.71. The number of aromatic nitrogens is 3. The Labute approximate surface area is 143 Å². The number of rotatable bonds is 2. The largest absolute Gasteiger partial charge is 0.434 e. The summed E-state index contributed by atoms with van der Waals surface area (Å²) in [6, 6.07) is 3.42. The minimum absolute atomic E-state index is 0.138. The summed E-state index contributed by atoms with van der Waals surface area (Å²) in [5.74, 6) is 0.0177. The first-order valence-electron chi connectivity index (χ1n) is 8.08. The highest BCUT2D eigenvalue weighted by molar-refractivity contribution is 5.95. The number of carbonyl (C=O) groups excluding carboxylic acids is 1. The first-order valence-corrected chi connectivity index (χ1v) is 8.08. The number of nitrogens with zero attached hydrogens (tertiary/aromatic N) is 4. The molecule has 3 heterocycles.